The number of fused-ring (bicyclic) bond motifs is 1. The summed E-state index contributed by atoms with van der Waals surface area (Å²) in [5, 5.41) is 67.8. The highest BCUT2D eigenvalue weighted by Crippen LogP contribution is 2.20. The molecule has 0 saturated carbocycles. The van der Waals surface area contributed by atoms with Crippen molar-refractivity contribution in [1.29, 1.82) is 0 Å². The number of carbonyl (C=O) groups excluding carboxylic acids is 9. The predicted octanol–water partition coefficient (Wildman–Crippen LogP) is -6.48. The minimum absolute atomic E-state index is 0.0441. The molecule has 0 saturated heterocycles. The lowest BCUT2D eigenvalue weighted by molar-refractivity contribution is -0.143. The van der Waals surface area contributed by atoms with Gasteiger partial charge in [-0.3, -0.25) is 47.9 Å². The smallest absolute Gasteiger partial charge is 0.328 e. The van der Waals surface area contributed by atoms with Crippen LogP contribution in [0.2, 0.25) is 0 Å². The molecule has 2 rings (SSSR count). The van der Waals surface area contributed by atoms with Gasteiger partial charge < -0.3 is 90.3 Å². The standard InChI is InChI=1S/C43H66N12O16/c1-4-20(2)34(41(68)53-30(19-57)43(70)71)55-39(66)27(13-22-16-47-25-10-6-5-9-23(22)25)50-38(65)28(15-33(61)62)51-40(67)29(18-56)52-42(69)35(21(3)58)54-32(60)17-48-37(64)26(11-7-8-12-44)49-36(63)24(45)14-31(46)59/h5-6,9-10,16,20-21,24,26-30,34-35,47,56-58H,4,7-8,11-15,17-19,44-45H2,1-3H3,(H2,46,59)(H,48,64)(H,49,63)(H,50,65)(H,51,67)(H,52,69)(H,53,68)(H,54,60)(H,55,66)(H,61,62)(H,70,71)/t20-,21+,24-,26-,27-,28-,29-,30-,34-,35-/m0/s1. The Morgan fingerprint density at radius 3 is 1.80 bits per heavy atom. The molecule has 1 aromatic carbocycles. The number of aromatic amines is 1. The minimum Gasteiger partial charge on any atom is -0.481 e. The fraction of sp³-hybridized carbons (Fsp3) is 0.558. The number of primary amides is 1. The van der Waals surface area contributed by atoms with Gasteiger partial charge in [0.1, 0.15) is 42.3 Å². The van der Waals surface area contributed by atoms with E-state index in [2.05, 4.69) is 47.5 Å². The molecule has 0 aliphatic rings. The van der Waals surface area contributed by atoms with E-state index in [4.69, 9.17) is 17.2 Å². The fourth-order valence-electron chi connectivity index (χ4n) is 6.79. The van der Waals surface area contributed by atoms with Crippen LogP contribution < -0.4 is 59.7 Å². The molecule has 71 heavy (non-hydrogen) atoms. The number of aliphatic hydroxyl groups is 3. The van der Waals surface area contributed by atoms with Crippen molar-refractivity contribution >= 4 is 76.0 Å². The van der Waals surface area contributed by atoms with E-state index >= 15 is 0 Å². The summed E-state index contributed by atoms with van der Waals surface area (Å²) in [7, 11) is 0. The van der Waals surface area contributed by atoms with Gasteiger partial charge in [0.05, 0.1) is 44.7 Å². The monoisotopic (exact) mass is 1010 g/mol. The normalized spacial score (nSPS) is 15.3. The van der Waals surface area contributed by atoms with Crippen LogP contribution in [0.3, 0.4) is 0 Å². The van der Waals surface area contributed by atoms with Gasteiger partial charge in [0, 0.05) is 23.5 Å². The van der Waals surface area contributed by atoms with E-state index in [1.54, 1.807) is 38.1 Å². The van der Waals surface area contributed by atoms with Crippen LogP contribution in [0.1, 0.15) is 64.9 Å². The number of aromatic nitrogens is 1. The van der Waals surface area contributed by atoms with Gasteiger partial charge in [-0.25, -0.2) is 4.79 Å². The zero-order chi connectivity index (χ0) is 53.5. The molecule has 28 nitrogen and oxygen atoms in total. The summed E-state index contributed by atoms with van der Waals surface area (Å²) in [6.07, 6.45) is -0.927. The number of hydrogen-bond donors (Lipinski definition) is 17. The van der Waals surface area contributed by atoms with Crippen molar-refractivity contribution in [1.82, 2.24) is 47.5 Å². The van der Waals surface area contributed by atoms with Gasteiger partial charge in [0.15, 0.2) is 0 Å². The molecule has 0 aliphatic heterocycles. The number of nitrogens with one attached hydrogen (secondary N) is 9. The highest BCUT2D eigenvalue weighted by atomic mass is 16.4. The second-order valence-corrected chi connectivity index (χ2v) is 16.6. The number of nitrogens with two attached hydrogens (primary N) is 3. The van der Waals surface area contributed by atoms with Gasteiger partial charge in [-0.05, 0) is 50.3 Å². The molecule has 394 valence electrons. The van der Waals surface area contributed by atoms with Gasteiger partial charge in [-0.15, -0.1) is 0 Å². The number of amides is 9. The number of rotatable bonds is 32. The Kier molecular flexibility index (Phi) is 25.0. The molecule has 0 bridgehead atoms. The van der Waals surface area contributed by atoms with E-state index in [9.17, 15) is 78.3 Å². The van der Waals surface area contributed by atoms with E-state index in [1.165, 1.54) is 6.20 Å². The number of unbranched alkanes of at least 4 members (excludes halogenated alkanes) is 1. The quantitative estimate of drug-likeness (QED) is 0.0303. The van der Waals surface area contributed by atoms with Crippen LogP contribution in [-0.2, 0) is 59.2 Å². The number of aliphatic carboxylic acids is 2. The molecule has 0 unspecified atom stereocenters. The van der Waals surface area contributed by atoms with Crippen molar-refractivity contribution in [3.63, 3.8) is 0 Å². The molecular formula is C43H66N12O16. The molecule has 9 amide bonds. The van der Waals surface area contributed by atoms with E-state index in [-0.39, 0.29) is 25.8 Å². The number of aliphatic hydroxyl groups excluding tert-OH is 3. The molecule has 1 aromatic heterocycles. The lowest BCUT2D eigenvalue weighted by atomic mass is 9.96. The number of carboxylic acid groups (broad SMARTS) is 2. The number of carbonyl (C=O) groups is 11. The third-order valence-electron chi connectivity index (χ3n) is 11.0. The van der Waals surface area contributed by atoms with Gasteiger partial charge in [0.25, 0.3) is 0 Å². The molecule has 20 N–H and O–H groups in total. The maximum Gasteiger partial charge on any atom is 0.328 e. The molecule has 0 aliphatic carbocycles. The lowest BCUT2D eigenvalue weighted by Crippen LogP contribution is -2.62. The molecule has 0 spiro atoms. The zero-order valence-corrected chi connectivity index (χ0v) is 39.4. The summed E-state index contributed by atoms with van der Waals surface area (Å²) in [6, 6.07) is -6.32. The first-order valence-electron chi connectivity index (χ1n) is 22.5. The first-order chi connectivity index (χ1) is 33.5. The minimum atomic E-state index is -2.00. The van der Waals surface area contributed by atoms with Crippen LogP contribution in [0.25, 0.3) is 10.9 Å². The molecule has 1 heterocycles. The first kappa shape index (κ1) is 59.9. The van der Waals surface area contributed by atoms with Gasteiger partial charge in [-0.2, -0.15) is 0 Å². The number of benzene rings is 1. The molecule has 0 fully saturated rings. The number of carboxylic acids is 2. The average Bonchev–Trinajstić information content (AvgIpc) is 3.72. The van der Waals surface area contributed by atoms with E-state index in [0.717, 1.165) is 6.92 Å². The van der Waals surface area contributed by atoms with E-state index < -0.39 is 158 Å². The maximum absolute atomic E-state index is 14.1. The van der Waals surface area contributed by atoms with E-state index in [1.807, 2.05) is 0 Å². The molecule has 2 aromatic rings. The summed E-state index contributed by atoms with van der Waals surface area (Å²) in [6.45, 7) is 1.61. The van der Waals surface area contributed by atoms with Crippen LogP contribution in [0.4, 0.5) is 0 Å². The Bertz CT molecular complexity index is 2210. The summed E-state index contributed by atoms with van der Waals surface area (Å²) in [4.78, 5) is 144. The maximum atomic E-state index is 14.1. The summed E-state index contributed by atoms with van der Waals surface area (Å²) < 4.78 is 0. The summed E-state index contributed by atoms with van der Waals surface area (Å²) in [5.41, 5.74) is 17.4. The fourth-order valence-corrected chi connectivity index (χ4v) is 6.79. The first-order valence-corrected chi connectivity index (χ1v) is 22.5. The zero-order valence-electron chi connectivity index (χ0n) is 39.4. The Hall–Kier alpha value is -7.27. The topological polar surface area (TPSA) is 479 Å². The highest BCUT2D eigenvalue weighted by molar-refractivity contribution is 5.99. The Labute approximate surface area is 406 Å². The van der Waals surface area contributed by atoms with Gasteiger partial charge >= 0.3 is 11.9 Å². The van der Waals surface area contributed by atoms with Crippen molar-refractivity contribution in [3.05, 3.63) is 36.0 Å². The van der Waals surface area contributed by atoms with Crippen molar-refractivity contribution in [3.8, 4) is 0 Å². The summed E-state index contributed by atoms with van der Waals surface area (Å²) >= 11 is 0. The Morgan fingerprint density at radius 1 is 0.662 bits per heavy atom. The molecule has 28 heteroatoms. The van der Waals surface area contributed by atoms with Crippen LogP contribution in [-0.4, -0.2) is 176 Å². The SMILES string of the molecule is CC[C@H](C)[C@H](NC(=O)[C@H](Cc1c[nH]c2ccccc12)NC(=O)[C@H](CC(=O)O)NC(=O)[C@H](CO)NC(=O)[C@@H](NC(=O)CNC(=O)[C@H](CCCCN)NC(=O)[C@@H](N)CC(N)=O)[C@@H](C)O)C(=O)N[C@@H](CO)C(=O)O. The molecule has 10 atom stereocenters. The van der Waals surface area contributed by atoms with Gasteiger partial charge in [0.2, 0.25) is 53.2 Å². The molecular weight excluding hydrogens is 941 g/mol. The Morgan fingerprint density at radius 2 is 1.23 bits per heavy atom. The predicted molar refractivity (Wildman–Crippen MR) is 248 cm³/mol. The number of H-pyrrole nitrogens is 1. The van der Waals surface area contributed by atoms with E-state index in [0.29, 0.717) is 29.3 Å². The van der Waals surface area contributed by atoms with Crippen LogP contribution in [0.5, 0.6) is 0 Å². The third kappa shape index (κ3) is 19.6. The summed E-state index contributed by atoms with van der Waals surface area (Å²) in [5.74, 6) is -13.3. The third-order valence-corrected chi connectivity index (χ3v) is 11.0. The van der Waals surface area contributed by atoms with Crippen LogP contribution >= 0.6 is 0 Å². The lowest BCUT2D eigenvalue weighted by Gasteiger charge is -2.28. The number of hydrogen-bond acceptors (Lipinski definition) is 16. The largest absolute Gasteiger partial charge is 0.481 e. The molecule has 0 radical (unpaired) electrons. The van der Waals surface area contributed by atoms with Crippen molar-refractivity contribution < 1.29 is 78.3 Å². The highest BCUT2D eigenvalue weighted by Gasteiger charge is 2.36. The van der Waals surface area contributed by atoms with Gasteiger partial charge in [-0.1, -0.05) is 38.5 Å². The number of para-hydroxylation sites is 1. The van der Waals surface area contributed by atoms with Crippen molar-refractivity contribution in [2.75, 3.05) is 26.3 Å². The van der Waals surface area contributed by atoms with Crippen molar-refractivity contribution in [2.45, 2.75) is 120 Å². The van der Waals surface area contributed by atoms with Crippen LogP contribution in [0, 0.1) is 5.92 Å². The van der Waals surface area contributed by atoms with Crippen molar-refractivity contribution in [2.24, 2.45) is 23.1 Å². The second-order valence-electron chi connectivity index (χ2n) is 16.6. The Balaban J connectivity index is 2.30. The average molecular weight is 1010 g/mol. The second kappa shape index (κ2) is 29.7. The van der Waals surface area contributed by atoms with Crippen LogP contribution in [0.15, 0.2) is 30.5 Å².